The zero-order chi connectivity index (χ0) is 12.2. The van der Waals surface area contributed by atoms with E-state index < -0.39 is 0 Å². The summed E-state index contributed by atoms with van der Waals surface area (Å²) >= 11 is 0. The van der Waals surface area contributed by atoms with E-state index in [9.17, 15) is 0 Å². The highest BCUT2D eigenvalue weighted by Crippen LogP contribution is 2.39. The highest BCUT2D eigenvalue weighted by Gasteiger charge is 2.28. The van der Waals surface area contributed by atoms with Gasteiger partial charge in [-0.1, -0.05) is 62.8 Å². The van der Waals surface area contributed by atoms with Crippen LogP contribution in [0.15, 0.2) is 24.3 Å². The summed E-state index contributed by atoms with van der Waals surface area (Å²) in [6.45, 7) is 0. The van der Waals surface area contributed by atoms with Crippen molar-refractivity contribution in [2.75, 3.05) is 0 Å². The predicted molar refractivity (Wildman–Crippen MR) is 82.7 cm³/mol. The Hall–Kier alpha value is -0.433. The van der Waals surface area contributed by atoms with Gasteiger partial charge in [0.25, 0.3) is 0 Å². The van der Waals surface area contributed by atoms with Crippen LogP contribution in [0.5, 0.6) is 0 Å². The molecule has 0 saturated heterocycles. The second-order valence-electron chi connectivity index (χ2n) is 6.30. The fourth-order valence-corrected chi connectivity index (χ4v) is 8.45. The van der Waals surface area contributed by atoms with Gasteiger partial charge in [-0.05, 0) is 41.9 Å². The van der Waals surface area contributed by atoms with Crippen LogP contribution in [0.3, 0.4) is 0 Å². The average Bonchev–Trinajstić information content (AvgIpc) is 2.95. The van der Waals surface area contributed by atoms with Crippen molar-refractivity contribution in [3.63, 3.8) is 0 Å². The molecule has 0 amide bonds. The van der Waals surface area contributed by atoms with Crippen LogP contribution in [0.1, 0.15) is 64.2 Å². The summed E-state index contributed by atoms with van der Waals surface area (Å²) in [6, 6.07) is 0. The molecule has 0 atom stereocenters. The van der Waals surface area contributed by atoms with Gasteiger partial charge in [-0.3, -0.25) is 0 Å². The van der Waals surface area contributed by atoms with E-state index in [-0.39, 0.29) is 8.41 Å². The van der Waals surface area contributed by atoms with Gasteiger partial charge < -0.3 is 0 Å². The molecule has 0 aromatic rings. The van der Waals surface area contributed by atoms with Crippen molar-refractivity contribution in [1.82, 2.24) is 0 Å². The van der Waals surface area contributed by atoms with E-state index in [0.29, 0.717) is 0 Å². The van der Waals surface area contributed by atoms with Crippen molar-refractivity contribution in [1.29, 1.82) is 0 Å². The fourth-order valence-electron chi connectivity index (χ4n) is 4.20. The van der Waals surface area contributed by atoms with E-state index in [0.717, 1.165) is 11.1 Å². The Bertz CT molecular complexity index is 329. The molecular weight excluding hydrogens is 232 g/mol. The standard InChI is InChI=1S/C17H26Si/c1-3-9-15(10-4-1)18(17-13-7-8-14-17)16-11-5-2-6-12-16/h7-8,13-16H,1-6,9-12H2. The van der Waals surface area contributed by atoms with Crippen molar-refractivity contribution < 1.29 is 0 Å². The third kappa shape index (κ3) is 2.76. The van der Waals surface area contributed by atoms with Crippen molar-refractivity contribution in [2.45, 2.75) is 75.3 Å². The third-order valence-corrected chi connectivity index (χ3v) is 9.00. The Kier molecular flexibility index (Phi) is 4.30. The van der Waals surface area contributed by atoms with Crippen LogP contribution in [0.25, 0.3) is 0 Å². The van der Waals surface area contributed by atoms with Gasteiger partial charge in [0.15, 0.2) is 0 Å². The van der Waals surface area contributed by atoms with Gasteiger partial charge >= 0.3 is 0 Å². The van der Waals surface area contributed by atoms with E-state index in [1.807, 2.05) is 0 Å². The van der Waals surface area contributed by atoms with Crippen molar-refractivity contribution in [3.8, 4) is 0 Å². The number of allylic oxidation sites excluding steroid dienone is 4. The van der Waals surface area contributed by atoms with E-state index in [2.05, 4.69) is 24.3 Å². The topological polar surface area (TPSA) is 0 Å². The zero-order valence-electron chi connectivity index (χ0n) is 11.5. The zero-order valence-corrected chi connectivity index (χ0v) is 12.5. The molecule has 2 fully saturated rings. The molecule has 18 heavy (non-hydrogen) atoms. The lowest BCUT2D eigenvalue weighted by Gasteiger charge is -2.32. The molecule has 0 aromatic heterocycles. The van der Waals surface area contributed by atoms with E-state index >= 15 is 0 Å². The fraction of sp³-hybridized carbons (Fsp3) is 0.706. The SMILES string of the molecule is C1=CC(=[Si](C2CCCCC2)C2CCCCC2)C=C1. The molecule has 0 aromatic carbocycles. The molecule has 0 unspecified atom stereocenters. The summed E-state index contributed by atoms with van der Waals surface area (Å²) in [5.74, 6) is 0. The maximum Gasteiger partial charge on any atom is 0.0258 e. The van der Waals surface area contributed by atoms with Crippen LogP contribution < -0.4 is 0 Å². The maximum atomic E-state index is 2.44. The summed E-state index contributed by atoms with van der Waals surface area (Å²) in [5.41, 5.74) is 2.18. The molecule has 0 N–H and O–H groups in total. The highest BCUT2D eigenvalue weighted by molar-refractivity contribution is 6.77. The summed E-state index contributed by atoms with van der Waals surface area (Å²) in [6.07, 6.45) is 24.6. The lowest BCUT2D eigenvalue weighted by molar-refractivity contribution is 0.468. The molecule has 98 valence electrons. The predicted octanol–water partition coefficient (Wildman–Crippen LogP) is 5.03. The van der Waals surface area contributed by atoms with Gasteiger partial charge in [0.05, 0.1) is 0 Å². The summed E-state index contributed by atoms with van der Waals surface area (Å²) in [5, 5.41) is 1.76. The van der Waals surface area contributed by atoms with Crippen LogP contribution in [0.4, 0.5) is 0 Å². The second kappa shape index (κ2) is 6.14. The van der Waals surface area contributed by atoms with Crippen LogP contribution in [0, 0.1) is 0 Å². The van der Waals surface area contributed by atoms with Gasteiger partial charge in [0.1, 0.15) is 0 Å². The molecule has 3 aliphatic rings. The van der Waals surface area contributed by atoms with Crippen LogP contribution in [-0.4, -0.2) is 13.6 Å². The normalized spacial score (nSPS) is 25.9. The largest absolute Gasteiger partial charge is 0.0621 e. The Morgan fingerprint density at radius 2 is 1.11 bits per heavy atom. The third-order valence-electron chi connectivity index (χ3n) is 5.09. The first-order valence-electron chi connectivity index (χ1n) is 8.04. The summed E-state index contributed by atoms with van der Waals surface area (Å²) in [7, 11) is -0.280. The Labute approximate surface area is 113 Å². The molecule has 0 nitrogen and oxygen atoms in total. The molecule has 3 aliphatic carbocycles. The van der Waals surface area contributed by atoms with Crippen LogP contribution in [-0.2, 0) is 0 Å². The Morgan fingerprint density at radius 1 is 0.667 bits per heavy atom. The number of hydrogen-bond acceptors (Lipinski definition) is 0. The molecule has 0 bridgehead atoms. The quantitative estimate of drug-likeness (QED) is 0.609. The molecule has 2 saturated carbocycles. The first-order chi connectivity index (χ1) is 8.95. The van der Waals surface area contributed by atoms with Gasteiger partial charge in [0, 0.05) is 8.41 Å². The molecule has 0 heterocycles. The van der Waals surface area contributed by atoms with Gasteiger partial charge in [-0.2, -0.15) is 0 Å². The molecule has 3 rings (SSSR count). The van der Waals surface area contributed by atoms with E-state index in [1.54, 1.807) is 5.17 Å². The minimum atomic E-state index is -0.280. The van der Waals surface area contributed by atoms with Gasteiger partial charge in [0.2, 0.25) is 0 Å². The van der Waals surface area contributed by atoms with E-state index in [1.165, 1.54) is 64.2 Å². The minimum absolute atomic E-state index is 0.280. The van der Waals surface area contributed by atoms with E-state index in [4.69, 9.17) is 0 Å². The lowest BCUT2D eigenvalue weighted by atomic mass is 9.99. The van der Waals surface area contributed by atoms with Crippen molar-refractivity contribution in [2.24, 2.45) is 0 Å². The lowest BCUT2D eigenvalue weighted by Crippen LogP contribution is -2.28. The smallest absolute Gasteiger partial charge is 0.0258 e. The summed E-state index contributed by atoms with van der Waals surface area (Å²) in [4.78, 5) is 0. The Balaban J connectivity index is 1.85. The van der Waals surface area contributed by atoms with Crippen molar-refractivity contribution >= 4 is 13.6 Å². The first kappa shape index (κ1) is 12.6. The maximum absolute atomic E-state index is 2.44. The Morgan fingerprint density at radius 3 is 1.56 bits per heavy atom. The molecule has 0 spiro atoms. The molecular formula is C17H26Si. The monoisotopic (exact) mass is 258 g/mol. The average molecular weight is 258 g/mol. The van der Waals surface area contributed by atoms with Crippen LogP contribution in [0.2, 0.25) is 11.1 Å². The summed E-state index contributed by atoms with van der Waals surface area (Å²) < 4.78 is 0. The van der Waals surface area contributed by atoms with Gasteiger partial charge in [-0.15, -0.1) is 0 Å². The first-order valence-corrected chi connectivity index (χ1v) is 9.69. The number of rotatable bonds is 2. The van der Waals surface area contributed by atoms with Crippen LogP contribution >= 0.6 is 0 Å². The number of hydrogen-bond donors (Lipinski definition) is 0. The minimum Gasteiger partial charge on any atom is -0.0621 e. The molecule has 0 radical (unpaired) electrons. The second-order valence-corrected chi connectivity index (χ2v) is 9.42. The van der Waals surface area contributed by atoms with Crippen molar-refractivity contribution in [3.05, 3.63) is 24.3 Å². The molecule has 0 aliphatic heterocycles. The van der Waals surface area contributed by atoms with Gasteiger partial charge in [-0.25, -0.2) is 0 Å². The molecule has 1 heteroatoms. The highest BCUT2D eigenvalue weighted by atomic mass is 28.2.